The number of anilines is 1. The average molecular weight is 407 g/mol. The number of thiophene rings is 1. The predicted molar refractivity (Wildman–Crippen MR) is 115 cm³/mol. The number of carbonyl (C=O) groups excluding carboxylic acids is 1. The monoisotopic (exact) mass is 406 g/mol. The van der Waals surface area contributed by atoms with Gasteiger partial charge in [0.25, 0.3) is 0 Å². The summed E-state index contributed by atoms with van der Waals surface area (Å²) in [5.74, 6) is 1.24. The fourth-order valence-electron chi connectivity index (χ4n) is 2.81. The standard InChI is InChI=1S/C22H18N2O2S2/c1-15-23-22(19-12-7-13-27-19)20(28-15)14-21(25)24-17-10-5-6-11-18(17)26-16-8-3-2-4-9-16/h2-13H,14H2,1H3,(H,24,25). The van der Waals surface area contributed by atoms with Gasteiger partial charge in [0.05, 0.1) is 27.7 Å². The number of nitrogens with one attached hydrogen (secondary N) is 1. The number of carbonyl (C=O) groups is 1. The van der Waals surface area contributed by atoms with E-state index in [1.54, 1.807) is 22.7 Å². The van der Waals surface area contributed by atoms with E-state index in [2.05, 4.69) is 10.3 Å². The number of hydrogen-bond acceptors (Lipinski definition) is 5. The molecule has 1 N–H and O–H groups in total. The van der Waals surface area contributed by atoms with Gasteiger partial charge < -0.3 is 10.1 Å². The van der Waals surface area contributed by atoms with E-state index in [-0.39, 0.29) is 12.3 Å². The summed E-state index contributed by atoms with van der Waals surface area (Å²) < 4.78 is 5.92. The zero-order chi connectivity index (χ0) is 19.3. The maximum absolute atomic E-state index is 12.7. The summed E-state index contributed by atoms with van der Waals surface area (Å²) >= 11 is 3.19. The first-order valence-corrected chi connectivity index (χ1v) is 10.5. The van der Waals surface area contributed by atoms with Crippen molar-refractivity contribution in [2.75, 3.05) is 5.32 Å². The van der Waals surface area contributed by atoms with Crippen molar-refractivity contribution in [1.29, 1.82) is 0 Å². The van der Waals surface area contributed by atoms with Gasteiger partial charge in [-0.05, 0) is 42.6 Å². The molecule has 0 aliphatic heterocycles. The minimum Gasteiger partial charge on any atom is -0.455 e. The number of nitrogens with zero attached hydrogens (tertiary/aromatic N) is 1. The Bertz CT molecular complexity index is 1070. The smallest absolute Gasteiger partial charge is 0.229 e. The first-order valence-electron chi connectivity index (χ1n) is 8.81. The van der Waals surface area contributed by atoms with Crippen LogP contribution < -0.4 is 10.1 Å². The normalized spacial score (nSPS) is 10.6. The quantitative estimate of drug-likeness (QED) is 0.418. The van der Waals surface area contributed by atoms with Gasteiger partial charge in [0.15, 0.2) is 5.75 Å². The number of thiazole rings is 1. The molecule has 140 valence electrons. The lowest BCUT2D eigenvalue weighted by molar-refractivity contribution is -0.115. The molecule has 1 amide bonds. The molecule has 4 aromatic rings. The highest BCUT2D eigenvalue weighted by Crippen LogP contribution is 2.33. The zero-order valence-corrected chi connectivity index (χ0v) is 16.8. The molecule has 0 spiro atoms. The van der Waals surface area contributed by atoms with Crippen LogP contribution in [-0.2, 0) is 11.2 Å². The van der Waals surface area contributed by atoms with Gasteiger partial charge in [-0.15, -0.1) is 22.7 Å². The van der Waals surface area contributed by atoms with Crippen molar-refractivity contribution >= 4 is 34.3 Å². The van der Waals surface area contributed by atoms with Crippen LogP contribution in [0.2, 0.25) is 0 Å². The number of amides is 1. The Kier molecular flexibility index (Phi) is 5.50. The molecule has 6 heteroatoms. The van der Waals surface area contributed by atoms with E-state index >= 15 is 0 Å². The van der Waals surface area contributed by atoms with E-state index < -0.39 is 0 Å². The van der Waals surface area contributed by atoms with E-state index in [0.717, 1.165) is 26.2 Å². The van der Waals surface area contributed by atoms with Gasteiger partial charge in [0.2, 0.25) is 5.91 Å². The van der Waals surface area contributed by atoms with Crippen molar-refractivity contribution in [2.24, 2.45) is 0 Å². The molecule has 0 saturated carbocycles. The van der Waals surface area contributed by atoms with Crippen molar-refractivity contribution in [3.63, 3.8) is 0 Å². The molecule has 0 aliphatic carbocycles. The number of benzene rings is 2. The maximum atomic E-state index is 12.7. The molecule has 0 fully saturated rings. The van der Waals surface area contributed by atoms with Gasteiger partial charge in [0, 0.05) is 4.88 Å². The van der Waals surface area contributed by atoms with E-state index in [9.17, 15) is 4.79 Å². The van der Waals surface area contributed by atoms with Gasteiger partial charge in [0.1, 0.15) is 5.75 Å². The second kappa shape index (κ2) is 8.37. The third-order valence-corrected chi connectivity index (χ3v) is 5.86. The number of aryl methyl sites for hydroxylation is 1. The second-order valence-corrected chi connectivity index (χ2v) is 8.35. The largest absolute Gasteiger partial charge is 0.455 e. The highest BCUT2D eigenvalue weighted by atomic mass is 32.1. The van der Waals surface area contributed by atoms with Crippen LogP contribution in [0.5, 0.6) is 11.5 Å². The summed E-state index contributed by atoms with van der Waals surface area (Å²) in [5.41, 5.74) is 1.55. The van der Waals surface area contributed by atoms with Crippen molar-refractivity contribution in [3.05, 3.63) is 82.0 Å². The van der Waals surface area contributed by atoms with Crippen LogP contribution in [0.15, 0.2) is 72.1 Å². The van der Waals surface area contributed by atoms with Gasteiger partial charge in [-0.2, -0.15) is 0 Å². The van der Waals surface area contributed by atoms with Crippen LogP contribution in [-0.4, -0.2) is 10.9 Å². The summed E-state index contributed by atoms with van der Waals surface area (Å²) in [7, 11) is 0. The molecule has 2 heterocycles. The summed E-state index contributed by atoms with van der Waals surface area (Å²) in [5, 5.41) is 5.96. The summed E-state index contributed by atoms with van der Waals surface area (Å²) in [6.07, 6.45) is 0.276. The van der Waals surface area contributed by atoms with Crippen LogP contribution in [0, 0.1) is 6.92 Å². The number of ether oxygens (including phenoxy) is 1. The highest BCUT2D eigenvalue weighted by Gasteiger charge is 2.16. The van der Waals surface area contributed by atoms with E-state index in [1.807, 2.05) is 79.0 Å². The molecule has 4 rings (SSSR count). The van der Waals surface area contributed by atoms with Crippen LogP contribution in [0.3, 0.4) is 0 Å². The van der Waals surface area contributed by atoms with Gasteiger partial charge in [-0.1, -0.05) is 36.4 Å². The Morgan fingerprint density at radius 3 is 2.61 bits per heavy atom. The number of para-hydroxylation sites is 3. The Morgan fingerprint density at radius 1 is 1.04 bits per heavy atom. The molecule has 0 atom stereocenters. The molecule has 2 aromatic carbocycles. The van der Waals surface area contributed by atoms with Crippen LogP contribution in [0.4, 0.5) is 5.69 Å². The van der Waals surface area contributed by atoms with Gasteiger partial charge in [-0.3, -0.25) is 4.79 Å². The first kappa shape index (κ1) is 18.4. The second-order valence-electron chi connectivity index (χ2n) is 6.12. The highest BCUT2D eigenvalue weighted by molar-refractivity contribution is 7.15. The van der Waals surface area contributed by atoms with Crippen molar-refractivity contribution < 1.29 is 9.53 Å². The number of rotatable bonds is 6. The predicted octanol–water partition coefficient (Wildman–Crippen LogP) is 6.15. The minimum atomic E-state index is -0.0921. The Labute approximate surface area is 171 Å². The molecular weight excluding hydrogens is 388 g/mol. The van der Waals surface area contributed by atoms with Crippen LogP contribution in [0.1, 0.15) is 9.88 Å². The maximum Gasteiger partial charge on any atom is 0.229 e. The van der Waals surface area contributed by atoms with Crippen molar-refractivity contribution in [2.45, 2.75) is 13.3 Å². The minimum absolute atomic E-state index is 0.0921. The van der Waals surface area contributed by atoms with Crippen LogP contribution in [0.25, 0.3) is 10.6 Å². The lowest BCUT2D eigenvalue weighted by Gasteiger charge is -2.12. The van der Waals surface area contributed by atoms with Crippen molar-refractivity contribution in [3.8, 4) is 22.1 Å². The SMILES string of the molecule is Cc1nc(-c2cccs2)c(CC(=O)Nc2ccccc2Oc2ccccc2)s1. The van der Waals surface area contributed by atoms with E-state index in [1.165, 1.54) is 0 Å². The van der Waals surface area contributed by atoms with Crippen LogP contribution >= 0.6 is 22.7 Å². The molecule has 0 aliphatic rings. The molecule has 2 aromatic heterocycles. The first-order chi connectivity index (χ1) is 13.7. The molecule has 4 nitrogen and oxygen atoms in total. The Hall–Kier alpha value is -2.96. The number of hydrogen-bond donors (Lipinski definition) is 1. The van der Waals surface area contributed by atoms with Crippen molar-refractivity contribution in [1.82, 2.24) is 4.98 Å². The van der Waals surface area contributed by atoms with Gasteiger partial charge in [-0.25, -0.2) is 4.98 Å². The van der Waals surface area contributed by atoms with E-state index in [4.69, 9.17) is 4.74 Å². The summed E-state index contributed by atoms with van der Waals surface area (Å²) in [4.78, 5) is 19.4. The number of aromatic nitrogens is 1. The molecule has 0 radical (unpaired) electrons. The fraction of sp³-hybridized carbons (Fsp3) is 0.0909. The Morgan fingerprint density at radius 2 is 1.82 bits per heavy atom. The third kappa shape index (κ3) is 4.30. The summed E-state index contributed by atoms with van der Waals surface area (Å²) in [6.45, 7) is 1.96. The Balaban J connectivity index is 1.51. The third-order valence-electron chi connectivity index (χ3n) is 4.01. The molecule has 0 unspecified atom stereocenters. The average Bonchev–Trinajstić information content (AvgIpc) is 3.34. The summed E-state index contributed by atoms with van der Waals surface area (Å²) in [6, 6.07) is 21.0. The lowest BCUT2D eigenvalue weighted by atomic mass is 10.2. The molecule has 28 heavy (non-hydrogen) atoms. The molecule has 0 saturated heterocycles. The zero-order valence-electron chi connectivity index (χ0n) is 15.2. The topological polar surface area (TPSA) is 51.2 Å². The van der Waals surface area contributed by atoms with Gasteiger partial charge >= 0.3 is 0 Å². The van der Waals surface area contributed by atoms with E-state index in [0.29, 0.717) is 11.4 Å². The molecule has 0 bridgehead atoms. The fourth-order valence-corrected chi connectivity index (χ4v) is 4.56. The molecular formula is C22H18N2O2S2. The lowest BCUT2D eigenvalue weighted by Crippen LogP contribution is -2.14.